The zero-order valence-electron chi connectivity index (χ0n) is 26.2. The molecule has 5 aromatic rings. The van der Waals surface area contributed by atoms with Crippen LogP contribution in [-0.4, -0.2) is 35.5 Å². The Labute approximate surface area is 279 Å². The molecule has 0 fully saturated rings. The number of nitrogens with two attached hydrogens (primary N) is 1. The van der Waals surface area contributed by atoms with Crippen LogP contribution in [0.3, 0.4) is 0 Å². The molecule has 244 valence electrons. The monoisotopic (exact) mass is 704 g/mol. The third-order valence-electron chi connectivity index (χ3n) is 8.06. The van der Waals surface area contributed by atoms with Crippen molar-refractivity contribution in [3.8, 4) is 44.9 Å². The fourth-order valence-corrected chi connectivity index (χ4v) is 5.80. The van der Waals surface area contributed by atoms with E-state index >= 15 is 8.78 Å². The van der Waals surface area contributed by atoms with Gasteiger partial charge in [-0.15, -0.1) is 0 Å². The number of aliphatic hydroxyl groups excluding tert-OH is 1. The Morgan fingerprint density at radius 2 is 1.64 bits per heavy atom. The molecule has 0 bridgehead atoms. The van der Waals surface area contributed by atoms with Gasteiger partial charge in [-0.25, -0.2) is 13.8 Å². The van der Waals surface area contributed by atoms with E-state index in [0.717, 1.165) is 12.0 Å². The summed E-state index contributed by atoms with van der Waals surface area (Å²) >= 11 is 3.26. The number of hydrogen-bond acceptors (Lipinski definition) is 7. The van der Waals surface area contributed by atoms with Crippen molar-refractivity contribution in [3.63, 3.8) is 0 Å². The van der Waals surface area contributed by atoms with Gasteiger partial charge in [0.15, 0.2) is 11.5 Å². The molecule has 47 heavy (non-hydrogen) atoms. The minimum Gasteiger partial charge on any atom is -0.493 e. The van der Waals surface area contributed by atoms with Crippen LogP contribution in [0.4, 0.5) is 26.0 Å². The predicted molar refractivity (Wildman–Crippen MR) is 185 cm³/mol. The van der Waals surface area contributed by atoms with Gasteiger partial charge in [-0.05, 0) is 66.4 Å². The lowest BCUT2D eigenvalue weighted by Crippen LogP contribution is -2.18. The van der Waals surface area contributed by atoms with Gasteiger partial charge in [0, 0.05) is 64.2 Å². The van der Waals surface area contributed by atoms with Crippen molar-refractivity contribution in [1.29, 1.82) is 0 Å². The van der Waals surface area contributed by atoms with Gasteiger partial charge in [-0.3, -0.25) is 4.79 Å². The van der Waals surface area contributed by atoms with E-state index in [1.165, 1.54) is 12.1 Å². The van der Waals surface area contributed by atoms with E-state index in [2.05, 4.69) is 26.2 Å². The van der Waals surface area contributed by atoms with Crippen molar-refractivity contribution in [2.75, 3.05) is 31.9 Å². The molecule has 1 atom stereocenters. The van der Waals surface area contributed by atoms with Crippen LogP contribution in [0.25, 0.3) is 33.4 Å². The lowest BCUT2D eigenvalue weighted by molar-refractivity contribution is 0.243. The number of halogens is 3. The highest BCUT2D eigenvalue weighted by Crippen LogP contribution is 2.36. The van der Waals surface area contributed by atoms with Crippen molar-refractivity contribution in [3.05, 3.63) is 106 Å². The fourth-order valence-electron chi connectivity index (χ4n) is 5.46. The van der Waals surface area contributed by atoms with Crippen LogP contribution in [0.5, 0.6) is 11.5 Å². The largest absolute Gasteiger partial charge is 0.493 e. The van der Waals surface area contributed by atoms with Gasteiger partial charge in [-0.2, -0.15) is 0 Å². The van der Waals surface area contributed by atoms with Crippen molar-refractivity contribution in [1.82, 2.24) is 9.55 Å². The molecule has 0 aliphatic heterocycles. The van der Waals surface area contributed by atoms with Crippen molar-refractivity contribution < 1.29 is 23.4 Å². The van der Waals surface area contributed by atoms with E-state index in [1.807, 2.05) is 13.0 Å². The summed E-state index contributed by atoms with van der Waals surface area (Å²) in [4.78, 5) is 18.0. The van der Waals surface area contributed by atoms with Crippen LogP contribution in [0.2, 0.25) is 0 Å². The number of nitrogen functional groups attached to an aromatic ring is 1. The number of nitrogens with zero attached hydrogens (tertiary/aromatic N) is 2. The summed E-state index contributed by atoms with van der Waals surface area (Å²) < 4.78 is 43.9. The zero-order valence-corrected chi connectivity index (χ0v) is 27.8. The molecule has 0 aliphatic carbocycles. The molecule has 4 N–H and O–H groups in total. The number of pyridine rings is 2. The molecule has 2 aromatic heterocycles. The minimum atomic E-state index is -0.586. The first-order chi connectivity index (χ1) is 22.6. The molecular formula is C36H35BrF2N4O4. The minimum absolute atomic E-state index is 0.0286. The Kier molecular flexibility index (Phi) is 10.6. The van der Waals surface area contributed by atoms with E-state index in [1.54, 1.807) is 79.8 Å². The number of benzene rings is 3. The van der Waals surface area contributed by atoms with E-state index in [-0.39, 0.29) is 40.7 Å². The SMILES string of the molecule is CCC(CCO)Cn1cc(Nc2ccc(-c3cc(-c4ccc(OC)c(OC)c4)cnc3N)c(F)c2)c(=O)c(-c2ccc(Br)cc2F)c1. The van der Waals surface area contributed by atoms with Crippen LogP contribution in [0, 0.1) is 17.6 Å². The molecule has 1 unspecified atom stereocenters. The smallest absolute Gasteiger partial charge is 0.212 e. The van der Waals surface area contributed by atoms with Gasteiger partial charge in [-0.1, -0.05) is 41.4 Å². The zero-order chi connectivity index (χ0) is 33.7. The first-order valence-corrected chi connectivity index (χ1v) is 15.8. The average Bonchev–Trinajstić information content (AvgIpc) is 3.06. The standard InChI is InChI=1S/C36H35BrF2N4O4/c1-4-21(11-12-44)18-43-19-29(27-8-6-24(37)15-30(27)38)35(45)32(20-43)42-25-7-9-26(31(39)16-25)28-13-23(17-41-36(28)40)22-5-10-33(46-2)34(14-22)47-3/h5-10,13-17,19-21,42,44H,4,11-12,18H2,1-3H3,(H2,40,41). The lowest BCUT2D eigenvalue weighted by atomic mass is 10.00. The normalized spacial score (nSPS) is 11.7. The predicted octanol–water partition coefficient (Wildman–Crippen LogP) is 8.04. The first kappa shape index (κ1) is 33.6. The number of ether oxygens (including phenoxy) is 2. The van der Waals surface area contributed by atoms with E-state index in [0.29, 0.717) is 45.8 Å². The second kappa shape index (κ2) is 14.8. The maximum atomic E-state index is 15.8. The number of methoxy groups -OCH3 is 2. The van der Waals surface area contributed by atoms with E-state index < -0.39 is 17.1 Å². The number of anilines is 3. The summed E-state index contributed by atoms with van der Waals surface area (Å²) in [5.41, 5.74) is 8.60. The third kappa shape index (κ3) is 7.47. The number of rotatable bonds is 12. The number of hydrogen-bond donors (Lipinski definition) is 3. The Hall–Kier alpha value is -4.74. The van der Waals surface area contributed by atoms with Gasteiger partial charge >= 0.3 is 0 Å². The number of aliphatic hydroxyl groups is 1. The molecular weight excluding hydrogens is 670 g/mol. The maximum absolute atomic E-state index is 15.8. The second-order valence-electron chi connectivity index (χ2n) is 11.1. The fraction of sp³-hybridized carbons (Fsp3) is 0.222. The van der Waals surface area contributed by atoms with Crippen LogP contribution in [-0.2, 0) is 6.54 Å². The van der Waals surface area contributed by atoms with Crippen LogP contribution in [0.1, 0.15) is 19.8 Å². The topological polar surface area (TPSA) is 112 Å². The Balaban J connectivity index is 1.51. The van der Waals surface area contributed by atoms with Crippen LogP contribution < -0.4 is 26.0 Å². The summed E-state index contributed by atoms with van der Waals surface area (Å²) in [5.74, 6) is 0.243. The molecule has 3 aromatic carbocycles. The Morgan fingerprint density at radius 1 is 0.915 bits per heavy atom. The Morgan fingerprint density at radius 3 is 2.32 bits per heavy atom. The third-order valence-corrected chi connectivity index (χ3v) is 8.55. The van der Waals surface area contributed by atoms with Crippen LogP contribution in [0.15, 0.2) is 88.5 Å². The number of aromatic nitrogens is 2. The summed E-state index contributed by atoms with van der Waals surface area (Å²) in [6, 6.07) is 16.1. The quantitative estimate of drug-likeness (QED) is 0.121. The number of nitrogens with one attached hydrogen (secondary N) is 1. The molecule has 2 heterocycles. The molecule has 0 aliphatic rings. The summed E-state index contributed by atoms with van der Waals surface area (Å²) in [5, 5.41) is 12.6. The van der Waals surface area contributed by atoms with Crippen molar-refractivity contribution in [2.45, 2.75) is 26.3 Å². The molecule has 0 saturated carbocycles. The lowest BCUT2D eigenvalue weighted by Gasteiger charge is -2.19. The molecule has 0 amide bonds. The van der Waals surface area contributed by atoms with E-state index in [9.17, 15) is 9.90 Å². The summed E-state index contributed by atoms with van der Waals surface area (Å²) in [7, 11) is 3.10. The highest BCUT2D eigenvalue weighted by atomic mass is 79.9. The molecule has 5 rings (SSSR count). The van der Waals surface area contributed by atoms with Crippen molar-refractivity contribution in [2.24, 2.45) is 5.92 Å². The van der Waals surface area contributed by atoms with Gasteiger partial charge in [0.05, 0.1) is 19.8 Å². The van der Waals surface area contributed by atoms with Gasteiger partial charge in [0.25, 0.3) is 0 Å². The second-order valence-corrected chi connectivity index (χ2v) is 12.0. The van der Waals surface area contributed by atoms with Gasteiger partial charge < -0.3 is 30.2 Å². The van der Waals surface area contributed by atoms with E-state index in [4.69, 9.17) is 15.2 Å². The molecule has 11 heteroatoms. The highest BCUT2D eigenvalue weighted by molar-refractivity contribution is 9.10. The van der Waals surface area contributed by atoms with Crippen molar-refractivity contribution >= 4 is 33.1 Å². The molecule has 0 spiro atoms. The first-order valence-electron chi connectivity index (χ1n) is 15.0. The van der Waals surface area contributed by atoms with Gasteiger partial charge in [0.2, 0.25) is 5.43 Å². The molecule has 0 radical (unpaired) electrons. The van der Waals surface area contributed by atoms with Gasteiger partial charge in [0.1, 0.15) is 23.1 Å². The molecule has 8 nitrogen and oxygen atoms in total. The average molecular weight is 706 g/mol. The Bertz CT molecular complexity index is 1970. The van der Waals surface area contributed by atoms with Crippen LogP contribution >= 0.6 is 15.9 Å². The summed E-state index contributed by atoms with van der Waals surface area (Å²) in [6.07, 6.45) is 6.22. The maximum Gasteiger partial charge on any atom is 0.212 e. The summed E-state index contributed by atoms with van der Waals surface area (Å²) in [6.45, 7) is 2.54. The molecule has 0 saturated heterocycles. The highest BCUT2D eigenvalue weighted by Gasteiger charge is 2.18.